The topological polar surface area (TPSA) is 317 Å². The number of hydrazone groups is 2. The predicted molar refractivity (Wildman–Crippen MR) is 201 cm³/mol. The summed E-state index contributed by atoms with van der Waals surface area (Å²) in [5.41, 5.74) is 8.83. The maximum absolute atomic E-state index is 13.6. The van der Waals surface area contributed by atoms with Crippen LogP contribution in [0.15, 0.2) is 138 Å². The third-order valence-corrected chi connectivity index (χ3v) is 10.3. The van der Waals surface area contributed by atoms with Gasteiger partial charge in [-0.15, -0.1) is 5.11 Å². The summed E-state index contributed by atoms with van der Waals surface area (Å²) in [6.07, 6.45) is 6.36. The van der Waals surface area contributed by atoms with Crippen LogP contribution in [-0.2, 0) is 35.1 Å². The second-order valence-electron chi connectivity index (χ2n) is 11.5. The first-order valence-corrected chi connectivity index (χ1v) is 19.8. The molecule has 5 N–H and O–H groups in total. The molecule has 19 nitrogen and oxygen atoms in total. The smallest absolute Gasteiger partial charge is 0.744 e. The van der Waals surface area contributed by atoms with Crippen LogP contribution in [0.3, 0.4) is 0 Å². The van der Waals surface area contributed by atoms with Gasteiger partial charge in [-0.25, -0.2) is 25.3 Å². The summed E-state index contributed by atoms with van der Waals surface area (Å²) in [4.78, 5) is 21.8. The summed E-state index contributed by atoms with van der Waals surface area (Å²) < 4.78 is 110. The Morgan fingerprint density at radius 2 is 1.19 bits per heavy atom. The van der Waals surface area contributed by atoms with Crippen LogP contribution in [0.25, 0.3) is 6.08 Å². The molecular weight excluding hydrogens is 862 g/mol. The average Bonchev–Trinajstić information content (AvgIpc) is 3.13. The van der Waals surface area contributed by atoms with Crippen molar-refractivity contribution in [3.05, 3.63) is 119 Å². The molecule has 0 saturated carbocycles. The van der Waals surface area contributed by atoms with Gasteiger partial charge in [-0.2, -0.15) is 15.3 Å². The minimum Gasteiger partial charge on any atom is -0.744 e. The fourth-order valence-corrected chi connectivity index (χ4v) is 7.10. The number of Topliss-reactive ketones (excluding diaryl/α,β-unsaturated/α-hetero) is 1. The van der Waals surface area contributed by atoms with Crippen LogP contribution in [0.2, 0.25) is 0 Å². The Labute approximate surface area is 403 Å². The number of nitrogens with zero attached hydrogens (tertiary/aromatic N) is 4. The molecule has 4 aromatic rings. The van der Waals surface area contributed by atoms with E-state index in [1.165, 1.54) is 54.6 Å². The Morgan fingerprint density at radius 1 is 0.610 bits per heavy atom. The molecule has 25 heteroatoms. The third-order valence-electron chi connectivity index (χ3n) is 7.72. The molecule has 0 aliphatic heterocycles. The molecule has 0 saturated heterocycles. The van der Waals surface area contributed by atoms with Crippen LogP contribution in [0, 0.1) is 0 Å². The molecule has 0 amide bonds. The number of nitrogen functional groups attached to an aromatic ring is 1. The minimum absolute atomic E-state index is 0. The van der Waals surface area contributed by atoms with Crippen LogP contribution < -0.4 is 111 Å². The zero-order valence-electron chi connectivity index (χ0n) is 31.0. The van der Waals surface area contributed by atoms with Crippen molar-refractivity contribution in [3.63, 3.8) is 0 Å². The van der Waals surface area contributed by atoms with E-state index in [4.69, 9.17) is 5.73 Å². The molecule has 0 atom stereocenters. The number of rotatable bonds is 11. The van der Waals surface area contributed by atoms with Crippen molar-refractivity contribution in [2.45, 2.75) is 9.79 Å². The summed E-state index contributed by atoms with van der Waals surface area (Å²) in [5, 5.41) is 18.2. The van der Waals surface area contributed by atoms with E-state index in [0.717, 1.165) is 12.1 Å². The van der Waals surface area contributed by atoms with Crippen LogP contribution in [0.4, 0.5) is 39.8 Å². The van der Waals surface area contributed by atoms with E-state index in [9.17, 15) is 48.5 Å². The summed E-state index contributed by atoms with van der Waals surface area (Å²) in [7, 11) is -16.1. The standard InChI is InChI=1S/C34H26N8O11S3.3Na/c35-31-30-19(17-29(56(51,52)53)33(34(30)44)42-39-21-4-2-1-3-5-21)16-28(55(48,49)50)32(31)41-40-24-12-15-26(27(18-24)54(45,46)47)36-20-6-8-22(9-7-20)37-38-23-10-13-25(43)14-11-23;;;/h1-18,36-37,39H,35H2,(H,45,46,47)(H,48,49,50)(H,51,52,53);;;/q;3*+1/p-3/b41-40?,42-33-;;;. The molecule has 0 aromatic heterocycles. The van der Waals surface area contributed by atoms with Crippen molar-refractivity contribution in [2.75, 3.05) is 21.9 Å². The van der Waals surface area contributed by atoms with Gasteiger partial charge in [0.25, 0.3) is 0 Å². The molecule has 0 fully saturated rings. The van der Waals surface area contributed by atoms with Crippen molar-refractivity contribution < 1.29 is 137 Å². The number of hydrogen-bond acceptors (Lipinski definition) is 19. The van der Waals surface area contributed by atoms with Crippen LogP contribution in [0.1, 0.15) is 15.9 Å². The molecule has 286 valence electrons. The summed E-state index contributed by atoms with van der Waals surface area (Å²) in [5.74, 6) is -1.43. The number of allylic oxidation sites excluding steroid dienone is 5. The average molecular weight is 885 g/mol. The molecular formula is C34H23N8Na3O11S3. The molecule has 0 radical (unpaired) electrons. The van der Waals surface area contributed by atoms with Gasteiger partial charge in [-0.05, 0) is 96.6 Å². The maximum Gasteiger partial charge on any atom is 1.00 e. The van der Waals surface area contributed by atoms with Gasteiger partial charge in [-0.3, -0.25) is 20.4 Å². The second-order valence-corrected chi connectivity index (χ2v) is 15.6. The van der Waals surface area contributed by atoms with E-state index < -0.39 is 79.0 Å². The Balaban J connectivity index is 0.00000310. The van der Waals surface area contributed by atoms with Gasteiger partial charge in [-0.1, -0.05) is 18.2 Å². The molecule has 4 aromatic carbocycles. The van der Waals surface area contributed by atoms with Gasteiger partial charge in [0.2, 0.25) is 5.78 Å². The predicted octanol–water partition coefficient (Wildman–Crippen LogP) is -4.74. The first-order chi connectivity index (χ1) is 26.4. The quantitative estimate of drug-likeness (QED) is 0.0275. The molecule has 59 heavy (non-hydrogen) atoms. The van der Waals surface area contributed by atoms with E-state index in [1.807, 2.05) is 0 Å². The number of ketones is 2. The monoisotopic (exact) mass is 884 g/mol. The van der Waals surface area contributed by atoms with E-state index in [1.54, 1.807) is 30.3 Å². The molecule has 0 unspecified atom stereocenters. The fourth-order valence-electron chi connectivity index (χ4n) is 5.14. The Hall–Kier alpha value is -3.69. The van der Waals surface area contributed by atoms with Crippen LogP contribution in [-0.4, -0.2) is 61.9 Å². The number of carbonyl (C=O) groups is 2. The van der Waals surface area contributed by atoms with Crippen molar-refractivity contribution in [1.82, 2.24) is 0 Å². The molecule has 0 spiro atoms. The summed E-state index contributed by atoms with van der Waals surface area (Å²) in [6, 6.07) is 17.8. The molecule has 6 rings (SSSR count). The number of para-hydroxylation sites is 1. The van der Waals surface area contributed by atoms with Gasteiger partial charge in [0.05, 0.1) is 54.4 Å². The maximum atomic E-state index is 13.6. The SMILES string of the molecule is Nc1c(N=Nc2ccc(Nc3ccc(NN=C4C=CC(=O)C=C4)cc3)c(S(=O)(=O)[O-])c2)c(S(=O)(=O)[O-])cc2c1C(=O)/C(=N\Nc1ccccc1)C(S(=O)(=O)[O-])=C2.[Na+].[Na+].[Na+]. The fraction of sp³-hybridized carbons (Fsp3) is 0. The van der Waals surface area contributed by atoms with E-state index >= 15 is 0 Å². The Kier molecular flexibility index (Phi) is 17.0. The van der Waals surface area contributed by atoms with Gasteiger partial charge >= 0.3 is 88.7 Å². The normalized spacial score (nSPS) is 14.4. The van der Waals surface area contributed by atoms with E-state index in [-0.39, 0.29) is 106 Å². The van der Waals surface area contributed by atoms with E-state index in [2.05, 4.69) is 36.6 Å². The first-order valence-electron chi connectivity index (χ1n) is 15.5. The molecule has 0 heterocycles. The second kappa shape index (κ2) is 20.2. The Morgan fingerprint density at radius 3 is 1.78 bits per heavy atom. The third kappa shape index (κ3) is 12.2. The van der Waals surface area contributed by atoms with Gasteiger partial charge in [0.1, 0.15) is 41.8 Å². The zero-order chi connectivity index (χ0) is 40.4. The number of hydrogen-bond donors (Lipinski definition) is 4. The van der Waals surface area contributed by atoms with Crippen molar-refractivity contribution in [1.29, 1.82) is 0 Å². The number of carbonyl (C=O) groups excluding carboxylic acids is 2. The minimum atomic E-state index is -5.49. The number of azo groups is 1. The van der Waals surface area contributed by atoms with Crippen LogP contribution >= 0.6 is 0 Å². The number of fused-ring (bicyclic) bond motifs is 1. The van der Waals surface area contributed by atoms with Gasteiger partial charge in [0.15, 0.2) is 5.78 Å². The molecule has 2 aliphatic rings. The largest absolute Gasteiger partial charge is 1.00 e. The number of nitrogens with two attached hydrogens (primary N) is 1. The number of anilines is 5. The zero-order valence-corrected chi connectivity index (χ0v) is 39.4. The first kappa shape index (κ1) is 49.7. The molecule has 2 aliphatic carbocycles. The summed E-state index contributed by atoms with van der Waals surface area (Å²) in [6.45, 7) is 0. The van der Waals surface area contributed by atoms with E-state index in [0.29, 0.717) is 34.9 Å². The molecule has 0 bridgehead atoms. The van der Waals surface area contributed by atoms with Crippen molar-refractivity contribution in [2.24, 2.45) is 20.4 Å². The van der Waals surface area contributed by atoms with Crippen molar-refractivity contribution in [3.8, 4) is 0 Å². The Bertz CT molecular complexity index is 2830. The number of nitrogens with one attached hydrogen (secondary N) is 3. The van der Waals surface area contributed by atoms with Gasteiger partial charge < -0.3 is 24.7 Å². The summed E-state index contributed by atoms with van der Waals surface area (Å²) >= 11 is 0. The van der Waals surface area contributed by atoms with Gasteiger partial charge in [0, 0.05) is 5.69 Å². The van der Waals surface area contributed by atoms with Crippen LogP contribution in [0.5, 0.6) is 0 Å². The number of benzene rings is 4. The van der Waals surface area contributed by atoms with Crippen molar-refractivity contribution >= 4 is 99.2 Å².